The van der Waals surface area contributed by atoms with Gasteiger partial charge in [-0.3, -0.25) is 4.68 Å². The van der Waals surface area contributed by atoms with Crippen LogP contribution in [0.3, 0.4) is 0 Å². The van der Waals surface area contributed by atoms with Gasteiger partial charge in [-0.1, -0.05) is 0 Å². The molecule has 0 unspecified atom stereocenters. The van der Waals surface area contributed by atoms with E-state index in [2.05, 4.69) is 21.0 Å². The fourth-order valence-corrected chi connectivity index (χ4v) is 1.58. The summed E-state index contributed by atoms with van der Waals surface area (Å²) in [4.78, 5) is 10.6. The molecule has 1 aromatic heterocycles. The summed E-state index contributed by atoms with van der Waals surface area (Å²) in [5.41, 5.74) is 6.01. The Hall–Kier alpha value is -0.400. The molecule has 0 radical (unpaired) electrons. The van der Waals surface area contributed by atoms with Gasteiger partial charge in [-0.2, -0.15) is 5.10 Å². The minimum Gasteiger partial charge on any atom is -0.476 e. The Bertz CT molecular complexity index is 324. The number of nitrogens with two attached hydrogens (primary N) is 1. The summed E-state index contributed by atoms with van der Waals surface area (Å²) in [6, 6.07) is 0. The number of aromatic nitrogens is 2. The van der Waals surface area contributed by atoms with Gasteiger partial charge in [0.05, 0.1) is 10.2 Å². The lowest BCUT2D eigenvalue weighted by atomic mass is 10.3. The smallest absolute Gasteiger partial charge is 0.355 e. The van der Waals surface area contributed by atoms with Crippen molar-refractivity contribution in [3.05, 3.63) is 15.9 Å². The third kappa shape index (κ3) is 2.29. The van der Waals surface area contributed by atoms with Crippen LogP contribution in [0.25, 0.3) is 0 Å². The first kappa shape index (κ1) is 12.6. The summed E-state index contributed by atoms with van der Waals surface area (Å²) >= 11 is 3.12. The van der Waals surface area contributed by atoms with Crippen LogP contribution < -0.4 is 5.73 Å². The highest BCUT2D eigenvalue weighted by molar-refractivity contribution is 9.10. The van der Waals surface area contributed by atoms with Crippen molar-refractivity contribution in [2.75, 3.05) is 0 Å². The molecule has 5 nitrogen and oxygen atoms in total. The molecule has 3 N–H and O–H groups in total. The molecule has 0 aromatic carbocycles. The van der Waals surface area contributed by atoms with Crippen LogP contribution >= 0.6 is 32.9 Å². The molecule has 0 saturated carbocycles. The largest absolute Gasteiger partial charge is 0.476 e. The summed E-state index contributed by atoms with van der Waals surface area (Å²) in [5, 5.41) is 12.6. The minimum atomic E-state index is -1.02. The standard InChI is InChI=1S/C6H8BrN3O2.BrH/c1-10-5(6(11)12)4(7)3(2-8)9-10;/h2,8H2,1H3,(H,11,12);1H. The average molecular weight is 315 g/mol. The second-order valence-corrected chi connectivity index (χ2v) is 3.04. The van der Waals surface area contributed by atoms with Crippen LogP contribution in [-0.2, 0) is 13.6 Å². The maximum Gasteiger partial charge on any atom is 0.355 e. The summed E-state index contributed by atoms with van der Waals surface area (Å²) in [6.07, 6.45) is 0. The molecule has 0 aliphatic carbocycles. The second-order valence-electron chi connectivity index (χ2n) is 2.24. The minimum absolute atomic E-state index is 0. The number of aryl methyl sites for hydroxylation is 1. The van der Waals surface area contributed by atoms with Gasteiger partial charge < -0.3 is 10.8 Å². The van der Waals surface area contributed by atoms with Gasteiger partial charge >= 0.3 is 5.97 Å². The Balaban J connectivity index is 0.00000144. The highest BCUT2D eigenvalue weighted by Crippen LogP contribution is 2.20. The molecule has 1 heterocycles. The fraction of sp³-hybridized carbons (Fsp3) is 0.333. The van der Waals surface area contributed by atoms with Crippen molar-refractivity contribution < 1.29 is 9.90 Å². The lowest BCUT2D eigenvalue weighted by Gasteiger charge is -1.93. The fourth-order valence-electron chi connectivity index (χ4n) is 0.916. The first-order valence-corrected chi connectivity index (χ1v) is 4.02. The third-order valence-corrected chi connectivity index (χ3v) is 2.28. The van der Waals surface area contributed by atoms with Gasteiger partial charge in [0.2, 0.25) is 0 Å². The molecule has 0 bridgehead atoms. The van der Waals surface area contributed by atoms with Crippen LogP contribution in [0.2, 0.25) is 0 Å². The third-order valence-electron chi connectivity index (χ3n) is 1.45. The van der Waals surface area contributed by atoms with Crippen molar-refractivity contribution >= 4 is 38.9 Å². The number of rotatable bonds is 2. The highest BCUT2D eigenvalue weighted by atomic mass is 79.9. The van der Waals surface area contributed by atoms with E-state index < -0.39 is 5.97 Å². The summed E-state index contributed by atoms with van der Waals surface area (Å²) in [6.45, 7) is 0.224. The summed E-state index contributed by atoms with van der Waals surface area (Å²) in [7, 11) is 1.56. The van der Waals surface area contributed by atoms with E-state index in [0.29, 0.717) is 10.2 Å². The van der Waals surface area contributed by atoms with Gasteiger partial charge in [0.25, 0.3) is 0 Å². The van der Waals surface area contributed by atoms with Crippen LogP contribution in [0.1, 0.15) is 16.2 Å². The molecule has 1 aromatic rings. The molecular weight excluding hydrogens is 306 g/mol. The quantitative estimate of drug-likeness (QED) is 0.850. The van der Waals surface area contributed by atoms with Crippen molar-refractivity contribution in [1.82, 2.24) is 9.78 Å². The van der Waals surface area contributed by atoms with Crippen molar-refractivity contribution in [3.63, 3.8) is 0 Å². The molecule has 0 aliphatic heterocycles. The number of aromatic carboxylic acids is 1. The zero-order valence-corrected chi connectivity index (χ0v) is 10.1. The van der Waals surface area contributed by atoms with Crippen LogP contribution in [0.5, 0.6) is 0 Å². The second kappa shape index (κ2) is 4.73. The van der Waals surface area contributed by atoms with Crippen molar-refractivity contribution in [2.24, 2.45) is 12.8 Å². The molecule has 1 rings (SSSR count). The number of hydrogen-bond donors (Lipinski definition) is 2. The molecule has 0 spiro atoms. The van der Waals surface area contributed by atoms with Crippen LogP contribution in [0.4, 0.5) is 0 Å². The van der Waals surface area contributed by atoms with Gasteiger partial charge in [0.1, 0.15) is 0 Å². The van der Waals surface area contributed by atoms with Gasteiger partial charge in [0, 0.05) is 13.6 Å². The predicted octanol–water partition coefficient (Wildman–Crippen LogP) is 0.917. The molecule has 13 heavy (non-hydrogen) atoms. The van der Waals surface area contributed by atoms with Crippen molar-refractivity contribution in [3.8, 4) is 0 Å². The number of halogens is 2. The first-order chi connectivity index (χ1) is 5.57. The number of carbonyl (C=O) groups is 1. The lowest BCUT2D eigenvalue weighted by Crippen LogP contribution is -2.05. The number of hydrogen-bond acceptors (Lipinski definition) is 3. The number of nitrogens with zero attached hydrogens (tertiary/aromatic N) is 2. The summed E-state index contributed by atoms with van der Waals surface area (Å²) < 4.78 is 1.74. The number of carboxylic acids is 1. The molecule has 74 valence electrons. The van der Waals surface area contributed by atoms with E-state index in [-0.39, 0.29) is 29.2 Å². The molecule has 0 fully saturated rings. The Morgan fingerprint density at radius 2 is 2.31 bits per heavy atom. The molecule has 7 heteroatoms. The summed E-state index contributed by atoms with van der Waals surface area (Å²) in [5.74, 6) is -1.02. The Morgan fingerprint density at radius 1 is 1.77 bits per heavy atom. The monoisotopic (exact) mass is 313 g/mol. The average Bonchev–Trinajstić information content (AvgIpc) is 2.25. The van der Waals surface area contributed by atoms with Gasteiger partial charge in [-0.25, -0.2) is 4.79 Å². The van der Waals surface area contributed by atoms with E-state index in [1.165, 1.54) is 4.68 Å². The van der Waals surface area contributed by atoms with E-state index in [4.69, 9.17) is 10.8 Å². The Morgan fingerprint density at radius 3 is 2.54 bits per heavy atom. The Labute approximate surface area is 93.8 Å². The SMILES string of the molecule is Br.Cn1nc(CN)c(Br)c1C(=O)O. The highest BCUT2D eigenvalue weighted by Gasteiger charge is 2.17. The van der Waals surface area contributed by atoms with Gasteiger partial charge in [-0.15, -0.1) is 17.0 Å². The van der Waals surface area contributed by atoms with Gasteiger partial charge in [0.15, 0.2) is 5.69 Å². The van der Waals surface area contributed by atoms with E-state index in [1.807, 2.05) is 0 Å². The van der Waals surface area contributed by atoms with Gasteiger partial charge in [-0.05, 0) is 15.9 Å². The maximum absolute atomic E-state index is 10.6. The van der Waals surface area contributed by atoms with Crippen LogP contribution in [0, 0.1) is 0 Å². The zero-order chi connectivity index (χ0) is 9.30. The van der Waals surface area contributed by atoms with Crippen molar-refractivity contribution in [2.45, 2.75) is 6.54 Å². The molecule has 0 saturated heterocycles. The van der Waals surface area contributed by atoms with E-state index in [9.17, 15) is 4.79 Å². The van der Waals surface area contributed by atoms with E-state index in [0.717, 1.165) is 0 Å². The predicted molar refractivity (Wildman–Crippen MR) is 56.1 cm³/mol. The maximum atomic E-state index is 10.6. The Kier molecular flexibility index (Phi) is 4.58. The zero-order valence-electron chi connectivity index (χ0n) is 6.82. The first-order valence-electron chi connectivity index (χ1n) is 3.22. The molecule has 0 amide bonds. The lowest BCUT2D eigenvalue weighted by molar-refractivity contribution is 0.0684. The van der Waals surface area contributed by atoms with Crippen molar-refractivity contribution in [1.29, 1.82) is 0 Å². The topological polar surface area (TPSA) is 81.1 Å². The molecule has 0 atom stereocenters. The van der Waals surface area contributed by atoms with E-state index in [1.54, 1.807) is 7.05 Å². The van der Waals surface area contributed by atoms with Crippen LogP contribution in [0.15, 0.2) is 4.47 Å². The normalized spacial score (nSPS) is 9.46. The van der Waals surface area contributed by atoms with E-state index >= 15 is 0 Å². The molecule has 0 aliphatic rings. The number of carboxylic acid groups (broad SMARTS) is 1. The molecular formula is C6H9Br2N3O2. The van der Waals surface area contributed by atoms with Crippen LogP contribution in [-0.4, -0.2) is 20.9 Å².